The van der Waals surface area contributed by atoms with Crippen molar-refractivity contribution in [3.63, 3.8) is 0 Å². The fraction of sp³-hybridized carbons (Fsp3) is 0.647. The minimum absolute atomic E-state index is 0.0235. The van der Waals surface area contributed by atoms with E-state index in [2.05, 4.69) is 46.4 Å². The molecule has 0 saturated heterocycles. The summed E-state index contributed by atoms with van der Waals surface area (Å²) in [6, 6.07) is 8.33. The summed E-state index contributed by atoms with van der Waals surface area (Å²) < 4.78 is 7.52. The highest BCUT2D eigenvalue weighted by atomic mass is 79.9. The molecule has 2 rings (SSSR count). The van der Waals surface area contributed by atoms with Gasteiger partial charge in [-0.3, -0.25) is 0 Å². The van der Waals surface area contributed by atoms with Crippen molar-refractivity contribution in [2.75, 3.05) is 13.6 Å². The van der Waals surface area contributed by atoms with Crippen LogP contribution in [0.25, 0.3) is 0 Å². The third-order valence-electron chi connectivity index (χ3n) is 4.58. The maximum atomic E-state index is 6.38. The Bertz CT molecular complexity index is 413. The first kappa shape index (κ1) is 16.0. The van der Waals surface area contributed by atoms with Gasteiger partial charge >= 0.3 is 0 Å². The lowest BCUT2D eigenvalue weighted by Crippen LogP contribution is -2.45. The third kappa shape index (κ3) is 4.06. The van der Waals surface area contributed by atoms with Crippen LogP contribution in [0.4, 0.5) is 0 Å². The molecule has 0 unspecified atom stereocenters. The molecule has 3 heteroatoms. The van der Waals surface area contributed by atoms with Crippen molar-refractivity contribution in [2.24, 2.45) is 5.92 Å². The Kier molecular flexibility index (Phi) is 6.06. The Morgan fingerprint density at radius 3 is 2.60 bits per heavy atom. The van der Waals surface area contributed by atoms with Crippen LogP contribution in [0.15, 0.2) is 28.7 Å². The molecule has 0 atom stereocenters. The maximum Gasteiger partial charge on any atom is 0.0810 e. The monoisotopic (exact) mass is 339 g/mol. The molecule has 0 spiro atoms. The number of benzene rings is 1. The molecule has 112 valence electrons. The number of hydrogen-bond donors (Lipinski definition) is 1. The van der Waals surface area contributed by atoms with Gasteiger partial charge in [0.15, 0.2) is 0 Å². The summed E-state index contributed by atoms with van der Waals surface area (Å²) in [6.07, 6.45) is 6.26. The molecule has 2 nitrogen and oxygen atoms in total. The zero-order valence-corrected chi connectivity index (χ0v) is 14.2. The molecule has 1 aromatic rings. The topological polar surface area (TPSA) is 21.3 Å². The van der Waals surface area contributed by atoms with Crippen LogP contribution < -0.4 is 5.32 Å². The van der Waals surface area contributed by atoms with Crippen LogP contribution in [-0.2, 0) is 11.3 Å². The summed E-state index contributed by atoms with van der Waals surface area (Å²) in [5, 5.41) is 3.33. The lowest BCUT2D eigenvalue weighted by atomic mass is 9.77. The van der Waals surface area contributed by atoms with E-state index in [4.69, 9.17) is 4.74 Å². The van der Waals surface area contributed by atoms with Gasteiger partial charge in [0.05, 0.1) is 12.2 Å². The van der Waals surface area contributed by atoms with Crippen molar-refractivity contribution >= 4 is 15.9 Å². The van der Waals surface area contributed by atoms with E-state index in [0.717, 1.165) is 16.9 Å². The van der Waals surface area contributed by atoms with Gasteiger partial charge in [0.25, 0.3) is 0 Å². The summed E-state index contributed by atoms with van der Waals surface area (Å²) in [7, 11) is 2.02. The van der Waals surface area contributed by atoms with E-state index in [1.54, 1.807) is 0 Å². The van der Waals surface area contributed by atoms with E-state index in [0.29, 0.717) is 6.61 Å². The van der Waals surface area contributed by atoms with Crippen molar-refractivity contribution < 1.29 is 4.74 Å². The van der Waals surface area contributed by atoms with Crippen molar-refractivity contribution in [1.29, 1.82) is 0 Å². The zero-order valence-electron chi connectivity index (χ0n) is 12.6. The molecule has 1 fully saturated rings. The molecule has 20 heavy (non-hydrogen) atoms. The number of hydrogen-bond acceptors (Lipinski definition) is 2. The van der Waals surface area contributed by atoms with Crippen LogP contribution in [0.1, 0.15) is 44.6 Å². The molecule has 0 aliphatic heterocycles. The highest BCUT2D eigenvalue weighted by Crippen LogP contribution is 2.36. The summed E-state index contributed by atoms with van der Waals surface area (Å²) in [4.78, 5) is 0. The van der Waals surface area contributed by atoms with Crippen molar-refractivity contribution in [2.45, 2.75) is 51.2 Å². The molecule has 0 aromatic heterocycles. The first-order valence-corrected chi connectivity index (χ1v) is 8.50. The summed E-state index contributed by atoms with van der Waals surface area (Å²) in [5.74, 6) is 0.895. The maximum absolute atomic E-state index is 6.38. The van der Waals surface area contributed by atoms with E-state index in [-0.39, 0.29) is 5.60 Å². The van der Waals surface area contributed by atoms with Crippen LogP contribution in [0.2, 0.25) is 0 Å². The van der Waals surface area contributed by atoms with Crippen molar-refractivity contribution in [3.8, 4) is 0 Å². The van der Waals surface area contributed by atoms with E-state index in [9.17, 15) is 0 Å². The number of ether oxygens (including phenoxy) is 1. The first-order chi connectivity index (χ1) is 9.69. The Balaban J connectivity index is 1.98. The molecule has 1 aromatic carbocycles. The zero-order chi connectivity index (χ0) is 14.4. The Morgan fingerprint density at radius 1 is 1.30 bits per heavy atom. The number of halogens is 1. The summed E-state index contributed by atoms with van der Waals surface area (Å²) in [6.45, 7) is 3.95. The van der Waals surface area contributed by atoms with Gasteiger partial charge < -0.3 is 10.1 Å². The van der Waals surface area contributed by atoms with Gasteiger partial charge in [0.1, 0.15) is 0 Å². The molecular formula is C17H26BrNO. The van der Waals surface area contributed by atoms with Gasteiger partial charge in [-0.2, -0.15) is 0 Å². The average Bonchev–Trinajstić information content (AvgIpc) is 2.48. The highest BCUT2D eigenvalue weighted by Gasteiger charge is 2.35. The second-order valence-electron chi connectivity index (χ2n) is 5.95. The van der Waals surface area contributed by atoms with Crippen LogP contribution in [-0.4, -0.2) is 19.2 Å². The van der Waals surface area contributed by atoms with Crippen molar-refractivity contribution in [3.05, 3.63) is 34.3 Å². The van der Waals surface area contributed by atoms with Gasteiger partial charge in [-0.05, 0) is 50.3 Å². The molecular weight excluding hydrogens is 314 g/mol. The SMILES string of the molecule is CCC1CCC(CNC)(OCc2ccccc2Br)CC1. The molecule has 1 aliphatic rings. The lowest BCUT2D eigenvalue weighted by Gasteiger charge is -2.40. The van der Waals surface area contributed by atoms with Gasteiger partial charge in [-0.15, -0.1) is 0 Å². The average molecular weight is 340 g/mol. The number of likely N-dealkylation sites (N-methyl/N-ethyl adjacent to an activating group) is 1. The molecule has 0 bridgehead atoms. The van der Waals surface area contributed by atoms with Gasteiger partial charge in [-0.25, -0.2) is 0 Å². The molecule has 1 N–H and O–H groups in total. The molecule has 0 amide bonds. The largest absolute Gasteiger partial charge is 0.369 e. The van der Waals surface area contributed by atoms with Crippen LogP contribution in [0.3, 0.4) is 0 Å². The summed E-state index contributed by atoms with van der Waals surface area (Å²) in [5.41, 5.74) is 1.26. The smallest absolute Gasteiger partial charge is 0.0810 e. The Labute approximate surface area is 131 Å². The predicted molar refractivity (Wildman–Crippen MR) is 87.8 cm³/mol. The molecule has 0 radical (unpaired) electrons. The quantitative estimate of drug-likeness (QED) is 0.822. The third-order valence-corrected chi connectivity index (χ3v) is 5.36. The minimum Gasteiger partial charge on any atom is -0.369 e. The van der Waals surface area contributed by atoms with Crippen LogP contribution >= 0.6 is 15.9 Å². The van der Waals surface area contributed by atoms with Gasteiger partial charge in [0, 0.05) is 11.0 Å². The Hall–Kier alpha value is -0.380. The normalized spacial score (nSPS) is 26.6. The summed E-state index contributed by atoms with van der Waals surface area (Å²) >= 11 is 3.60. The van der Waals surface area contributed by atoms with Crippen LogP contribution in [0.5, 0.6) is 0 Å². The van der Waals surface area contributed by atoms with Crippen molar-refractivity contribution in [1.82, 2.24) is 5.32 Å². The predicted octanol–water partition coefficient (Wildman–Crippen LogP) is 4.52. The van der Waals surface area contributed by atoms with Crippen LogP contribution in [0, 0.1) is 5.92 Å². The van der Waals surface area contributed by atoms with E-state index >= 15 is 0 Å². The minimum atomic E-state index is 0.0235. The van der Waals surface area contributed by atoms with Gasteiger partial charge in [0.2, 0.25) is 0 Å². The van der Waals surface area contributed by atoms with E-state index in [1.165, 1.54) is 37.7 Å². The van der Waals surface area contributed by atoms with E-state index in [1.807, 2.05) is 13.1 Å². The lowest BCUT2D eigenvalue weighted by molar-refractivity contribution is -0.0855. The second-order valence-corrected chi connectivity index (χ2v) is 6.80. The fourth-order valence-corrected chi connectivity index (χ4v) is 3.55. The first-order valence-electron chi connectivity index (χ1n) is 7.71. The highest BCUT2D eigenvalue weighted by molar-refractivity contribution is 9.10. The van der Waals surface area contributed by atoms with E-state index < -0.39 is 0 Å². The molecule has 1 aliphatic carbocycles. The number of nitrogens with one attached hydrogen (secondary N) is 1. The fourth-order valence-electron chi connectivity index (χ4n) is 3.15. The number of rotatable bonds is 6. The van der Waals surface area contributed by atoms with Gasteiger partial charge in [-0.1, -0.05) is 47.5 Å². The second kappa shape index (κ2) is 7.58. The molecule has 0 heterocycles. The standard InChI is InChI=1S/C17H26BrNO/c1-3-14-8-10-17(11-9-14,13-19-2)20-12-15-6-4-5-7-16(15)18/h4-7,14,19H,3,8-13H2,1-2H3. The molecule has 1 saturated carbocycles. The Morgan fingerprint density at radius 2 is 2.00 bits per heavy atom.